The minimum absolute atomic E-state index is 0.0976. The molecule has 0 unspecified atom stereocenters. The van der Waals surface area contributed by atoms with Gasteiger partial charge in [0.1, 0.15) is 5.58 Å². The fraction of sp³-hybridized carbons (Fsp3) is 0.550. The molecule has 0 atom stereocenters. The Morgan fingerprint density at radius 3 is 2.44 bits per heavy atom. The average Bonchev–Trinajstić information content (AvgIpc) is 3.31. The quantitative estimate of drug-likeness (QED) is 0.805. The molecule has 27 heavy (non-hydrogen) atoms. The molecule has 2 aliphatic rings. The Morgan fingerprint density at radius 2 is 1.78 bits per heavy atom. The summed E-state index contributed by atoms with van der Waals surface area (Å²) in [4.78, 5) is 15.0. The van der Waals surface area contributed by atoms with Crippen molar-refractivity contribution < 1.29 is 17.6 Å². The number of hydrogen-bond donors (Lipinski definition) is 0. The van der Waals surface area contributed by atoms with E-state index in [2.05, 4.69) is 6.92 Å². The highest BCUT2D eigenvalue weighted by atomic mass is 32.2. The highest BCUT2D eigenvalue weighted by Crippen LogP contribution is 2.31. The van der Waals surface area contributed by atoms with Gasteiger partial charge in [0.2, 0.25) is 10.0 Å². The zero-order valence-corrected chi connectivity index (χ0v) is 16.7. The molecule has 146 valence electrons. The van der Waals surface area contributed by atoms with Gasteiger partial charge in [0.05, 0.1) is 4.90 Å². The molecule has 1 amide bonds. The summed E-state index contributed by atoms with van der Waals surface area (Å²) in [5, 5.41) is 0.698. The van der Waals surface area contributed by atoms with Gasteiger partial charge in [0, 0.05) is 37.1 Å². The molecule has 6 nitrogen and oxygen atoms in total. The van der Waals surface area contributed by atoms with Crippen LogP contribution in [0.5, 0.6) is 0 Å². The van der Waals surface area contributed by atoms with E-state index in [9.17, 15) is 13.2 Å². The van der Waals surface area contributed by atoms with Crippen molar-refractivity contribution in [2.24, 2.45) is 5.92 Å². The molecule has 0 aliphatic carbocycles. The smallest absolute Gasteiger partial charge is 0.289 e. The molecule has 0 saturated carbocycles. The molecule has 2 fully saturated rings. The fourth-order valence-electron chi connectivity index (χ4n) is 4.00. The van der Waals surface area contributed by atoms with E-state index >= 15 is 0 Å². The van der Waals surface area contributed by atoms with E-state index in [1.54, 1.807) is 18.2 Å². The highest BCUT2D eigenvalue weighted by molar-refractivity contribution is 7.89. The largest absolute Gasteiger partial charge is 0.451 e. The predicted octanol–water partition coefficient (Wildman–Crippen LogP) is 3.40. The lowest BCUT2D eigenvalue weighted by Crippen LogP contribution is -2.38. The first-order valence-corrected chi connectivity index (χ1v) is 11.1. The number of hydrogen-bond acceptors (Lipinski definition) is 4. The molecular formula is C20H26N2O4S. The first kappa shape index (κ1) is 18.5. The third kappa shape index (κ3) is 3.27. The second-order valence-electron chi connectivity index (χ2n) is 7.80. The molecule has 2 aromatic rings. The number of nitrogens with zero attached hydrogens (tertiary/aromatic N) is 2. The van der Waals surface area contributed by atoms with Crippen molar-refractivity contribution in [1.82, 2.24) is 9.21 Å². The van der Waals surface area contributed by atoms with Crippen LogP contribution in [0.2, 0.25) is 0 Å². The summed E-state index contributed by atoms with van der Waals surface area (Å²) in [7, 11) is -3.49. The van der Waals surface area contributed by atoms with E-state index in [1.165, 1.54) is 4.31 Å². The molecule has 2 aliphatic heterocycles. The SMILES string of the molecule is Cc1c(C(=O)N2CCC(C)CC2)oc2ccc(S(=O)(=O)N3CCCC3)cc12. The number of likely N-dealkylation sites (tertiary alicyclic amines) is 1. The third-order valence-corrected chi connectivity index (χ3v) is 7.77. The van der Waals surface area contributed by atoms with Crippen molar-refractivity contribution in [3.63, 3.8) is 0 Å². The summed E-state index contributed by atoms with van der Waals surface area (Å²) in [6.07, 6.45) is 3.81. The molecular weight excluding hydrogens is 364 g/mol. The van der Waals surface area contributed by atoms with Crippen molar-refractivity contribution in [3.8, 4) is 0 Å². The molecule has 4 rings (SSSR count). The van der Waals surface area contributed by atoms with E-state index in [0.29, 0.717) is 41.3 Å². The minimum atomic E-state index is -3.49. The third-order valence-electron chi connectivity index (χ3n) is 5.88. The minimum Gasteiger partial charge on any atom is -0.451 e. The van der Waals surface area contributed by atoms with Crippen LogP contribution in [0.4, 0.5) is 0 Å². The van der Waals surface area contributed by atoms with Gasteiger partial charge in [-0.15, -0.1) is 0 Å². The number of aryl methyl sites for hydroxylation is 1. The molecule has 2 saturated heterocycles. The van der Waals surface area contributed by atoms with Gasteiger partial charge < -0.3 is 9.32 Å². The first-order chi connectivity index (χ1) is 12.9. The Bertz CT molecular complexity index is 965. The van der Waals surface area contributed by atoms with Gasteiger partial charge in [-0.1, -0.05) is 6.92 Å². The van der Waals surface area contributed by atoms with Crippen LogP contribution < -0.4 is 0 Å². The number of carbonyl (C=O) groups is 1. The monoisotopic (exact) mass is 390 g/mol. The molecule has 0 bridgehead atoms. The molecule has 0 N–H and O–H groups in total. The number of benzene rings is 1. The van der Waals surface area contributed by atoms with Crippen molar-refractivity contribution in [3.05, 3.63) is 29.5 Å². The van der Waals surface area contributed by atoms with Crippen molar-refractivity contribution >= 4 is 26.9 Å². The van der Waals surface area contributed by atoms with E-state index in [0.717, 1.165) is 38.8 Å². The molecule has 1 aromatic carbocycles. The summed E-state index contributed by atoms with van der Waals surface area (Å²) in [5.74, 6) is 0.874. The number of sulfonamides is 1. The van der Waals surface area contributed by atoms with Crippen LogP contribution in [-0.2, 0) is 10.0 Å². The molecule has 3 heterocycles. The standard InChI is InChI=1S/C20H26N2O4S/c1-14-7-11-21(12-8-14)20(23)19-15(2)17-13-16(5-6-18(17)26-19)27(24,25)22-9-3-4-10-22/h5-6,13-14H,3-4,7-12H2,1-2H3. The van der Waals surface area contributed by atoms with Crippen LogP contribution in [0.25, 0.3) is 11.0 Å². The van der Waals surface area contributed by atoms with Gasteiger partial charge in [-0.3, -0.25) is 4.79 Å². The number of rotatable bonds is 3. The van der Waals surface area contributed by atoms with Crippen LogP contribution in [0.3, 0.4) is 0 Å². The van der Waals surface area contributed by atoms with Crippen LogP contribution in [0.1, 0.15) is 48.7 Å². The number of amides is 1. The van der Waals surface area contributed by atoms with Crippen LogP contribution in [0.15, 0.2) is 27.5 Å². The molecule has 0 spiro atoms. The summed E-state index contributed by atoms with van der Waals surface area (Å²) >= 11 is 0. The topological polar surface area (TPSA) is 70.8 Å². The summed E-state index contributed by atoms with van der Waals surface area (Å²) in [6.45, 7) is 6.66. The second kappa shape index (κ2) is 6.95. The van der Waals surface area contributed by atoms with Crippen molar-refractivity contribution in [2.45, 2.75) is 44.4 Å². The van der Waals surface area contributed by atoms with E-state index in [1.807, 2.05) is 11.8 Å². The maximum atomic E-state index is 12.9. The van der Waals surface area contributed by atoms with Crippen molar-refractivity contribution in [1.29, 1.82) is 0 Å². The van der Waals surface area contributed by atoms with Crippen LogP contribution in [0, 0.1) is 12.8 Å². The molecule has 0 radical (unpaired) electrons. The lowest BCUT2D eigenvalue weighted by molar-refractivity contribution is 0.0666. The summed E-state index contributed by atoms with van der Waals surface area (Å²) < 4.78 is 33.0. The Morgan fingerprint density at radius 1 is 1.11 bits per heavy atom. The Labute approximate surface area is 160 Å². The van der Waals surface area contributed by atoms with Crippen LogP contribution in [-0.4, -0.2) is 49.7 Å². The number of piperidine rings is 1. The van der Waals surface area contributed by atoms with E-state index in [-0.39, 0.29) is 10.8 Å². The predicted molar refractivity (Wildman–Crippen MR) is 103 cm³/mol. The number of furan rings is 1. The first-order valence-electron chi connectivity index (χ1n) is 9.70. The molecule has 1 aromatic heterocycles. The van der Waals surface area contributed by atoms with Gasteiger partial charge in [-0.2, -0.15) is 4.31 Å². The second-order valence-corrected chi connectivity index (χ2v) is 9.74. The summed E-state index contributed by atoms with van der Waals surface area (Å²) in [5.41, 5.74) is 1.27. The van der Waals surface area contributed by atoms with Crippen molar-refractivity contribution in [2.75, 3.05) is 26.2 Å². The van der Waals surface area contributed by atoms with E-state index < -0.39 is 10.0 Å². The molecule has 7 heteroatoms. The average molecular weight is 391 g/mol. The van der Waals surface area contributed by atoms with Gasteiger partial charge in [0.15, 0.2) is 5.76 Å². The van der Waals surface area contributed by atoms with Gasteiger partial charge in [-0.25, -0.2) is 8.42 Å². The maximum Gasteiger partial charge on any atom is 0.289 e. The van der Waals surface area contributed by atoms with Crippen LogP contribution >= 0.6 is 0 Å². The number of fused-ring (bicyclic) bond motifs is 1. The van der Waals surface area contributed by atoms with Gasteiger partial charge >= 0.3 is 0 Å². The lowest BCUT2D eigenvalue weighted by atomic mass is 9.99. The normalized spacial score (nSPS) is 19.9. The Hall–Kier alpha value is -1.86. The summed E-state index contributed by atoms with van der Waals surface area (Å²) in [6, 6.07) is 4.90. The maximum absolute atomic E-state index is 12.9. The number of carbonyl (C=O) groups excluding carboxylic acids is 1. The zero-order chi connectivity index (χ0) is 19.2. The highest BCUT2D eigenvalue weighted by Gasteiger charge is 2.29. The van der Waals surface area contributed by atoms with E-state index in [4.69, 9.17) is 4.42 Å². The Balaban J connectivity index is 1.67. The zero-order valence-electron chi connectivity index (χ0n) is 15.9. The van der Waals surface area contributed by atoms with Gasteiger partial charge in [-0.05, 0) is 56.7 Å². The fourth-order valence-corrected chi connectivity index (χ4v) is 5.54. The Kier molecular flexibility index (Phi) is 4.76. The lowest BCUT2D eigenvalue weighted by Gasteiger charge is -2.29. The van der Waals surface area contributed by atoms with Gasteiger partial charge in [0.25, 0.3) is 5.91 Å².